The third-order valence-electron chi connectivity index (χ3n) is 5.78. The van der Waals surface area contributed by atoms with Gasteiger partial charge in [0.15, 0.2) is 6.61 Å². The Bertz CT molecular complexity index is 1080. The molecule has 8 nitrogen and oxygen atoms in total. The number of rotatable bonds is 7. The number of carbonyl (C=O) groups excluding carboxylic acids is 1. The summed E-state index contributed by atoms with van der Waals surface area (Å²) in [6.45, 7) is 1.90. The maximum absolute atomic E-state index is 13.1. The van der Waals surface area contributed by atoms with Gasteiger partial charge in [0.05, 0.1) is 11.9 Å². The van der Waals surface area contributed by atoms with Gasteiger partial charge in [-0.3, -0.25) is 14.4 Å². The molecule has 172 valence electrons. The summed E-state index contributed by atoms with van der Waals surface area (Å²) in [5.41, 5.74) is 1.19. The molecule has 1 amide bonds. The Morgan fingerprint density at radius 1 is 1.16 bits per heavy atom. The van der Waals surface area contributed by atoms with Gasteiger partial charge in [0.2, 0.25) is 10.0 Å². The molecule has 2 bridgehead atoms. The molecule has 2 saturated heterocycles. The quantitative estimate of drug-likeness (QED) is 0.611. The van der Waals surface area contributed by atoms with Gasteiger partial charge in [0.1, 0.15) is 17.3 Å². The van der Waals surface area contributed by atoms with Crippen LogP contribution in [0.4, 0.5) is 10.1 Å². The topological polar surface area (TPSA) is 99.2 Å². The number of phenolic OH excluding ortho intramolecular Hbond substituents is 1. The van der Waals surface area contributed by atoms with E-state index in [-0.39, 0.29) is 47.6 Å². The smallest absolute Gasteiger partial charge is 0.261 e. The highest BCUT2D eigenvalue weighted by atomic mass is 32.2. The van der Waals surface area contributed by atoms with Crippen molar-refractivity contribution in [3.63, 3.8) is 0 Å². The maximum atomic E-state index is 13.1. The van der Waals surface area contributed by atoms with Crippen LogP contribution >= 0.6 is 0 Å². The third kappa shape index (κ3) is 5.31. The summed E-state index contributed by atoms with van der Waals surface area (Å²) in [7, 11) is -3.55. The second kappa shape index (κ2) is 8.95. The zero-order valence-corrected chi connectivity index (χ0v) is 18.5. The molecule has 0 saturated carbocycles. The Balaban J connectivity index is 1.38. The first kappa shape index (κ1) is 22.3. The van der Waals surface area contributed by atoms with E-state index in [1.54, 1.807) is 12.1 Å². The second-order valence-electron chi connectivity index (χ2n) is 8.35. The van der Waals surface area contributed by atoms with Gasteiger partial charge in [0, 0.05) is 37.8 Å². The maximum Gasteiger partial charge on any atom is 0.261 e. The normalized spacial score (nSPS) is 20.9. The van der Waals surface area contributed by atoms with E-state index in [2.05, 4.69) is 9.62 Å². The number of ether oxygens (including phenoxy) is 1. The monoisotopic (exact) mass is 463 g/mol. The summed E-state index contributed by atoms with van der Waals surface area (Å²) in [5, 5.41) is 9.73. The van der Waals surface area contributed by atoms with Gasteiger partial charge in [-0.15, -0.1) is 0 Å². The highest BCUT2D eigenvalue weighted by Gasteiger charge is 2.42. The molecule has 10 heteroatoms. The number of carbonyl (C=O) groups is 1. The fraction of sp³-hybridized carbons (Fsp3) is 0.409. The van der Waals surface area contributed by atoms with Crippen LogP contribution in [0.3, 0.4) is 0 Å². The Kier molecular flexibility index (Phi) is 6.25. The van der Waals surface area contributed by atoms with Gasteiger partial charge in [-0.2, -0.15) is 0 Å². The number of sulfonamides is 1. The van der Waals surface area contributed by atoms with Crippen LogP contribution in [0.2, 0.25) is 0 Å². The predicted octanol–water partition coefficient (Wildman–Crippen LogP) is 2.16. The van der Waals surface area contributed by atoms with Crippen molar-refractivity contribution in [1.29, 1.82) is 0 Å². The summed E-state index contributed by atoms with van der Waals surface area (Å²) in [6.07, 6.45) is 2.82. The molecule has 2 heterocycles. The summed E-state index contributed by atoms with van der Waals surface area (Å²) in [4.78, 5) is 17.1. The van der Waals surface area contributed by atoms with E-state index in [4.69, 9.17) is 4.74 Å². The van der Waals surface area contributed by atoms with Gasteiger partial charge >= 0.3 is 0 Å². The number of nitrogens with one attached hydrogen (secondary N) is 1. The molecule has 2 unspecified atom stereocenters. The molecule has 2 aromatic carbocycles. The van der Waals surface area contributed by atoms with E-state index < -0.39 is 10.0 Å². The van der Waals surface area contributed by atoms with Crippen molar-refractivity contribution in [2.24, 2.45) is 0 Å². The fourth-order valence-electron chi connectivity index (χ4n) is 4.50. The highest BCUT2D eigenvalue weighted by Crippen LogP contribution is 2.32. The second-order valence-corrected chi connectivity index (χ2v) is 10.1. The Morgan fingerprint density at radius 2 is 1.81 bits per heavy atom. The lowest BCUT2D eigenvalue weighted by Crippen LogP contribution is -2.56. The number of nitrogens with zero attached hydrogens (tertiary/aromatic N) is 2. The van der Waals surface area contributed by atoms with Crippen LogP contribution in [-0.4, -0.2) is 67.3 Å². The first-order valence-corrected chi connectivity index (χ1v) is 12.3. The van der Waals surface area contributed by atoms with Gasteiger partial charge in [0.25, 0.3) is 5.91 Å². The standard InChI is InChI=1S/C22H26FN3O5S/c1-32(29,30)24-20-9-8-19(27)10-21(20)31-14-22(28)26-17-6-7-18(26)13-25(12-17)11-15-2-4-16(23)5-3-15/h2-5,8-10,17-18,24,27H,6-7,11-14H2,1H3. The SMILES string of the molecule is CS(=O)(=O)Nc1ccc(O)cc1OCC(=O)N1C2CCC1CN(Cc1ccc(F)cc1)C2. The zero-order valence-electron chi connectivity index (χ0n) is 17.7. The van der Waals surface area contributed by atoms with Crippen molar-refractivity contribution in [2.45, 2.75) is 31.5 Å². The van der Waals surface area contributed by atoms with Gasteiger partial charge in [-0.1, -0.05) is 12.1 Å². The van der Waals surface area contributed by atoms with Crippen molar-refractivity contribution < 1.29 is 27.4 Å². The predicted molar refractivity (Wildman–Crippen MR) is 117 cm³/mol. The number of anilines is 1. The molecule has 0 radical (unpaired) electrons. The average molecular weight is 464 g/mol. The molecule has 2 atom stereocenters. The average Bonchev–Trinajstić information content (AvgIpc) is 2.99. The number of hydrogen-bond acceptors (Lipinski definition) is 6. The number of halogens is 1. The van der Waals surface area contributed by atoms with Crippen molar-refractivity contribution in [2.75, 3.05) is 30.7 Å². The minimum Gasteiger partial charge on any atom is -0.508 e. The van der Waals surface area contributed by atoms with Gasteiger partial charge < -0.3 is 14.7 Å². The minimum absolute atomic E-state index is 0.0723. The largest absolute Gasteiger partial charge is 0.508 e. The molecular weight excluding hydrogens is 437 g/mol. The van der Waals surface area contributed by atoms with Gasteiger partial charge in [-0.25, -0.2) is 12.8 Å². The first-order valence-electron chi connectivity index (χ1n) is 10.4. The van der Waals surface area contributed by atoms with Crippen LogP contribution in [0.5, 0.6) is 11.5 Å². The number of piperazine rings is 1. The summed E-state index contributed by atoms with van der Waals surface area (Å²) < 4.78 is 44.2. The van der Waals surface area contributed by atoms with Crippen molar-refractivity contribution in [3.05, 3.63) is 53.8 Å². The van der Waals surface area contributed by atoms with E-state index in [1.165, 1.54) is 30.3 Å². The van der Waals surface area contributed by atoms with E-state index in [0.717, 1.165) is 37.8 Å². The van der Waals surface area contributed by atoms with Gasteiger partial charge in [-0.05, 0) is 42.7 Å². The van der Waals surface area contributed by atoms with Crippen molar-refractivity contribution >= 4 is 21.6 Å². The van der Waals surface area contributed by atoms with Crippen LogP contribution in [0, 0.1) is 5.82 Å². The Hall–Kier alpha value is -2.85. The molecule has 2 fully saturated rings. The minimum atomic E-state index is -3.55. The first-order chi connectivity index (χ1) is 15.2. The van der Waals surface area contributed by atoms with E-state index in [1.807, 2.05) is 4.90 Å². The zero-order chi connectivity index (χ0) is 22.9. The van der Waals surface area contributed by atoms with Crippen LogP contribution < -0.4 is 9.46 Å². The van der Waals surface area contributed by atoms with Crippen molar-refractivity contribution in [1.82, 2.24) is 9.80 Å². The molecule has 2 aromatic rings. The molecule has 2 N–H and O–H groups in total. The molecule has 4 rings (SSSR count). The third-order valence-corrected chi connectivity index (χ3v) is 6.37. The van der Waals surface area contributed by atoms with E-state index in [9.17, 15) is 22.7 Å². The number of likely N-dealkylation sites (tertiary alicyclic amines) is 1. The molecular formula is C22H26FN3O5S. The fourth-order valence-corrected chi connectivity index (χ4v) is 5.07. The van der Waals surface area contributed by atoms with Crippen LogP contribution in [0.1, 0.15) is 18.4 Å². The molecule has 2 aliphatic heterocycles. The lowest BCUT2D eigenvalue weighted by molar-refractivity contribution is -0.139. The number of aromatic hydroxyl groups is 1. The highest BCUT2D eigenvalue weighted by molar-refractivity contribution is 7.92. The lowest BCUT2D eigenvalue weighted by atomic mass is 10.1. The molecule has 0 aliphatic carbocycles. The lowest BCUT2D eigenvalue weighted by Gasteiger charge is -2.41. The van der Waals surface area contributed by atoms with E-state index >= 15 is 0 Å². The summed E-state index contributed by atoms with van der Waals surface area (Å²) in [5.74, 6) is -0.439. The Morgan fingerprint density at radius 3 is 2.44 bits per heavy atom. The molecule has 0 spiro atoms. The summed E-state index contributed by atoms with van der Waals surface area (Å²) >= 11 is 0. The summed E-state index contributed by atoms with van der Waals surface area (Å²) in [6, 6.07) is 10.6. The van der Waals surface area contributed by atoms with Crippen LogP contribution in [0.25, 0.3) is 0 Å². The number of phenols is 1. The van der Waals surface area contributed by atoms with Crippen LogP contribution in [0.15, 0.2) is 42.5 Å². The number of amides is 1. The Labute approximate surface area is 186 Å². The number of hydrogen-bond donors (Lipinski definition) is 2. The molecule has 2 aliphatic rings. The van der Waals surface area contributed by atoms with E-state index in [0.29, 0.717) is 6.54 Å². The van der Waals surface area contributed by atoms with Crippen LogP contribution in [-0.2, 0) is 21.4 Å². The number of fused-ring (bicyclic) bond motifs is 2. The van der Waals surface area contributed by atoms with Crippen molar-refractivity contribution in [3.8, 4) is 11.5 Å². The molecule has 32 heavy (non-hydrogen) atoms. The number of benzene rings is 2. The molecule has 0 aromatic heterocycles.